The summed E-state index contributed by atoms with van der Waals surface area (Å²) in [5.41, 5.74) is 6.90. The van der Waals surface area contributed by atoms with Crippen LogP contribution in [0, 0.1) is 6.92 Å². The first kappa shape index (κ1) is 21.3. The number of aromatic amines is 1. The molecule has 1 amide bonds. The van der Waals surface area contributed by atoms with E-state index in [9.17, 15) is 4.79 Å². The van der Waals surface area contributed by atoms with Crippen LogP contribution >= 0.6 is 0 Å². The lowest BCUT2D eigenvalue weighted by Gasteiger charge is -2.06. The van der Waals surface area contributed by atoms with Crippen molar-refractivity contribution in [3.63, 3.8) is 0 Å². The van der Waals surface area contributed by atoms with Crippen molar-refractivity contribution in [2.24, 2.45) is 0 Å². The average molecular weight is 466 g/mol. The number of carbonyl (C=O) groups excluding carboxylic acids is 1. The van der Waals surface area contributed by atoms with Gasteiger partial charge in [0.15, 0.2) is 0 Å². The van der Waals surface area contributed by atoms with Crippen molar-refractivity contribution in [1.82, 2.24) is 34.8 Å². The second kappa shape index (κ2) is 8.87. The Kier molecular flexibility index (Phi) is 5.41. The number of aromatic nitrogens is 6. The van der Waals surface area contributed by atoms with Crippen molar-refractivity contribution in [1.29, 1.82) is 0 Å². The number of rotatable bonds is 8. The van der Waals surface area contributed by atoms with Crippen molar-refractivity contribution in [2.45, 2.75) is 45.3 Å². The van der Waals surface area contributed by atoms with Crippen LogP contribution in [0.2, 0.25) is 0 Å². The fourth-order valence-corrected chi connectivity index (χ4v) is 4.39. The van der Waals surface area contributed by atoms with Crippen molar-refractivity contribution in [2.75, 3.05) is 0 Å². The lowest BCUT2D eigenvalue weighted by atomic mass is 10.1. The van der Waals surface area contributed by atoms with Crippen LogP contribution in [0.1, 0.15) is 57.1 Å². The van der Waals surface area contributed by atoms with E-state index in [1.54, 1.807) is 6.20 Å². The van der Waals surface area contributed by atoms with E-state index < -0.39 is 0 Å². The molecule has 4 aromatic heterocycles. The van der Waals surface area contributed by atoms with E-state index >= 15 is 0 Å². The highest BCUT2D eigenvalue weighted by molar-refractivity contribution is 5.95. The molecular formula is C27H27N7O. The highest BCUT2D eigenvalue weighted by Gasteiger charge is 2.31. The van der Waals surface area contributed by atoms with Crippen LogP contribution in [-0.2, 0) is 19.6 Å². The summed E-state index contributed by atoms with van der Waals surface area (Å²) >= 11 is 0. The molecule has 1 aliphatic carbocycles. The SMILES string of the molecule is Cc1cnn(Cc2ccc(Cn3cc(C(=O)NCc4cnc5[nH]ccc5c4)c(C4CC4)n3)cc2)c1. The molecule has 0 saturated heterocycles. The standard InChI is InChI=1S/C27H27N7O/c1-18-11-31-33(14-18)15-19-2-4-20(5-3-19)16-34-17-24(25(32-34)22-6-7-22)27(35)30-13-21-10-23-8-9-28-26(23)29-12-21/h2-5,8-12,14,17,22H,6-7,13,15-16H2,1H3,(H,28,29)(H,30,35). The van der Waals surface area contributed by atoms with E-state index in [-0.39, 0.29) is 5.91 Å². The Hall–Kier alpha value is -4.20. The normalized spacial score (nSPS) is 13.4. The molecule has 8 nitrogen and oxygen atoms in total. The van der Waals surface area contributed by atoms with Crippen LogP contribution in [0.3, 0.4) is 0 Å². The third-order valence-electron chi connectivity index (χ3n) is 6.38. The van der Waals surface area contributed by atoms with Gasteiger partial charge in [-0.15, -0.1) is 0 Å². The maximum Gasteiger partial charge on any atom is 0.255 e. The molecule has 0 atom stereocenters. The first-order chi connectivity index (χ1) is 17.1. The molecule has 1 aromatic carbocycles. The first-order valence-electron chi connectivity index (χ1n) is 12.0. The average Bonchev–Trinajstić information content (AvgIpc) is 3.23. The second-order valence-electron chi connectivity index (χ2n) is 9.37. The summed E-state index contributed by atoms with van der Waals surface area (Å²) in [6, 6.07) is 12.5. The topological polar surface area (TPSA) is 93.4 Å². The molecule has 0 spiro atoms. The lowest BCUT2D eigenvalue weighted by Crippen LogP contribution is -2.23. The van der Waals surface area contributed by atoms with Crippen LogP contribution < -0.4 is 5.32 Å². The zero-order valence-electron chi connectivity index (χ0n) is 19.6. The minimum Gasteiger partial charge on any atom is -0.348 e. The molecule has 0 bridgehead atoms. The number of hydrogen-bond donors (Lipinski definition) is 2. The van der Waals surface area contributed by atoms with E-state index in [0.29, 0.717) is 24.6 Å². The Morgan fingerprint density at radius 2 is 1.80 bits per heavy atom. The molecule has 1 saturated carbocycles. The van der Waals surface area contributed by atoms with Crippen LogP contribution in [0.15, 0.2) is 67.4 Å². The highest BCUT2D eigenvalue weighted by atomic mass is 16.1. The minimum atomic E-state index is -0.0859. The number of carbonyl (C=O) groups is 1. The lowest BCUT2D eigenvalue weighted by molar-refractivity contribution is 0.0950. The van der Waals surface area contributed by atoms with Gasteiger partial charge in [0.2, 0.25) is 0 Å². The molecular weight excluding hydrogens is 438 g/mol. The number of H-pyrrole nitrogens is 1. The number of fused-ring (bicyclic) bond motifs is 1. The Morgan fingerprint density at radius 3 is 2.51 bits per heavy atom. The number of pyridine rings is 1. The summed E-state index contributed by atoms with van der Waals surface area (Å²) in [5.74, 6) is 0.298. The fourth-order valence-electron chi connectivity index (χ4n) is 4.39. The Balaban J connectivity index is 1.13. The summed E-state index contributed by atoms with van der Waals surface area (Å²) in [6.45, 7) is 3.85. The molecule has 0 aliphatic heterocycles. The molecule has 35 heavy (non-hydrogen) atoms. The van der Waals surface area contributed by atoms with Crippen molar-refractivity contribution >= 4 is 16.9 Å². The van der Waals surface area contributed by atoms with Gasteiger partial charge in [-0.2, -0.15) is 10.2 Å². The fraction of sp³-hybridized carbons (Fsp3) is 0.259. The quantitative estimate of drug-likeness (QED) is 0.360. The van der Waals surface area contributed by atoms with E-state index in [2.05, 4.69) is 44.6 Å². The highest BCUT2D eigenvalue weighted by Crippen LogP contribution is 2.40. The van der Waals surface area contributed by atoms with Gasteiger partial charge < -0.3 is 10.3 Å². The first-order valence-corrected chi connectivity index (χ1v) is 12.0. The summed E-state index contributed by atoms with van der Waals surface area (Å²) in [7, 11) is 0. The van der Waals surface area contributed by atoms with Gasteiger partial charge in [-0.05, 0) is 54.2 Å². The maximum absolute atomic E-state index is 13.1. The molecule has 8 heteroatoms. The number of nitrogens with zero attached hydrogens (tertiary/aromatic N) is 5. The van der Waals surface area contributed by atoms with Crippen molar-refractivity contribution < 1.29 is 4.79 Å². The van der Waals surface area contributed by atoms with Gasteiger partial charge in [-0.1, -0.05) is 24.3 Å². The predicted octanol–water partition coefficient (Wildman–Crippen LogP) is 4.17. The number of hydrogen-bond acceptors (Lipinski definition) is 4. The molecule has 2 N–H and O–H groups in total. The molecule has 6 rings (SSSR count). The minimum absolute atomic E-state index is 0.0859. The largest absolute Gasteiger partial charge is 0.348 e. The zero-order valence-corrected chi connectivity index (χ0v) is 19.6. The van der Waals surface area contributed by atoms with E-state index in [4.69, 9.17) is 5.10 Å². The van der Waals surface area contributed by atoms with Gasteiger partial charge >= 0.3 is 0 Å². The smallest absolute Gasteiger partial charge is 0.255 e. The number of amides is 1. The third kappa shape index (κ3) is 4.73. The van der Waals surface area contributed by atoms with Crippen molar-refractivity contribution in [3.8, 4) is 0 Å². The Labute approximate surface area is 203 Å². The molecule has 1 aliphatic rings. The predicted molar refractivity (Wildman–Crippen MR) is 133 cm³/mol. The van der Waals surface area contributed by atoms with E-state index in [1.807, 2.05) is 53.2 Å². The van der Waals surface area contributed by atoms with Crippen LogP contribution in [0.4, 0.5) is 0 Å². The monoisotopic (exact) mass is 465 g/mol. The number of benzene rings is 1. The zero-order chi connectivity index (χ0) is 23.8. The van der Waals surface area contributed by atoms with Gasteiger partial charge in [-0.25, -0.2) is 4.98 Å². The number of nitrogens with one attached hydrogen (secondary N) is 2. The van der Waals surface area contributed by atoms with Gasteiger partial charge in [0.1, 0.15) is 5.65 Å². The van der Waals surface area contributed by atoms with Gasteiger partial charge in [0, 0.05) is 42.6 Å². The summed E-state index contributed by atoms with van der Waals surface area (Å²) in [6.07, 6.45) is 11.6. The van der Waals surface area contributed by atoms with E-state index in [1.165, 1.54) is 5.56 Å². The molecule has 1 fully saturated rings. The van der Waals surface area contributed by atoms with Crippen LogP contribution in [0.5, 0.6) is 0 Å². The molecule has 4 heterocycles. The van der Waals surface area contributed by atoms with Gasteiger partial charge in [0.05, 0.1) is 30.5 Å². The maximum atomic E-state index is 13.1. The Bertz CT molecular complexity index is 1490. The van der Waals surface area contributed by atoms with E-state index in [0.717, 1.165) is 52.8 Å². The van der Waals surface area contributed by atoms with Crippen LogP contribution in [0.25, 0.3) is 11.0 Å². The van der Waals surface area contributed by atoms with Crippen LogP contribution in [-0.4, -0.2) is 35.4 Å². The summed E-state index contributed by atoms with van der Waals surface area (Å²) in [5, 5.41) is 13.2. The number of aryl methyl sites for hydroxylation is 1. The summed E-state index contributed by atoms with van der Waals surface area (Å²) in [4.78, 5) is 20.6. The summed E-state index contributed by atoms with van der Waals surface area (Å²) < 4.78 is 3.83. The molecule has 176 valence electrons. The molecule has 5 aromatic rings. The molecule has 0 unspecified atom stereocenters. The molecule has 0 radical (unpaired) electrons. The third-order valence-corrected chi connectivity index (χ3v) is 6.38. The Morgan fingerprint density at radius 1 is 1.03 bits per heavy atom. The van der Waals surface area contributed by atoms with Gasteiger partial charge in [-0.3, -0.25) is 14.2 Å². The van der Waals surface area contributed by atoms with Gasteiger partial charge in [0.25, 0.3) is 5.91 Å². The van der Waals surface area contributed by atoms with Crippen molar-refractivity contribution in [3.05, 3.63) is 101 Å². The second-order valence-corrected chi connectivity index (χ2v) is 9.37.